The quantitative estimate of drug-likeness (QED) is 0.235. The zero-order chi connectivity index (χ0) is 20.6. The summed E-state index contributed by atoms with van der Waals surface area (Å²) in [6.07, 6.45) is 5.11. The topological polar surface area (TPSA) is 18.5 Å². The first-order valence-electron chi connectivity index (χ1n) is 9.72. The Morgan fingerprint density at radius 2 is 0.577 bits per heavy atom. The Morgan fingerprint density at radius 3 is 0.615 bits per heavy atom. The van der Waals surface area contributed by atoms with Crippen molar-refractivity contribution >= 4 is 24.2 Å². The van der Waals surface area contributed by atoms with Crippen LogP contribution in [0.2, 0.25) is 58.9 Å². The molecule has 0 amide bonds. The molecule has 2 heterocycles. The SMILES string of the molecule is C1CCOC1.C1CCOC1.[CH2-][Si](C)(C)C.[CH2-][Si](C)(C)C.[CH2-][Si](C)(C)C.[Lu+3]. The van der Waals surface area contributed by atoms with Crippen molar-refractivity contribution in [3.8, 4) is 0 Å². The van der Waals surface area contributed by atoms with Gasteiger partial charge in [-0.25, -0.2) is 0 Å². The Hall–Kier alpha value is 1.80. The fourth-order valence-electron chi connectivity index (χ4n) is 1.02. The van der Waals surface area contributed by atoms with Crippen molar-refractivity contribution in [2.24, 2.45) is 0 Å². The van der Waals surface area contributed by atoms with Gasteiger partial charge in [-0.1, -0.05) is 58.9 Å². The molecule has 2 fully saturated rings. The van der Waals surface area contributed by atoms with Crippen LogP contribution < -0.4 is 0 Å². The van der Waals surface area contributed by atoms with Gasteiger partial charge in [-0.05, 0) is 25.7 Å². The fourth-order valence-corrected chi connectivity index (χ4v) is 1.02. The first-order valence-corrected chi connectivity index (χ1v) is 20.8. The molecule has 2 saturated heterocycles. The second-order valence-electron chi connectivity index (χ2n) is 10.3. The predicted octanol–water partition coefficient (Wildman–Crippen LogP) is 6.69. The van der Waals surface area contributed by atoms with Crippen molar-refractivity contribution in [3.05, 3.63) is 19.6 Å². The van der Waals surface area contributed by atoms with E-state index < -0.39 is 24.2 Å². The van der Waals surface area contributed by atoms with Gasteiger partial charge in [0.1, 0.15) is 0 Å². The second-order valence-corrected chi connectivity index (χ2v) is 25.7. The molecule has 2 rings (SSSR count). The Labute approximate surface area is 199 Å². The first-order chi connectivity index (χ1) is 11.0. The maximum atomic E-state index is 4.94. The van der Waals surface area contributed by atoms with Crippen LogP contribution in [0.4, 0.5) is 0 Å². The molecule has 0 aliphatic carbocycles. The van der Waals surface area contributed by atoms with E-state index in [9.17, 15) is 0 Å². The summed E-state index contributed by atoms with van der Waals surface area (Å²) >= 11 is 0. The zero-order valence-corrected chi connectivity index (χ0v) is 24.0. The van der Waals surface area contributed by atoms with Crippen molar-refractivity contribution in [2.45, 2.75) is 84.6 Å². The van der Waals surface area contributed by atoms with Gasteiger partial charge in [-0.2, -0.15) is 0 Å². The van der Waals surface area contributed by atoms with Crippen LogP contribution in [0.3, 0.4) is 0 Å². The molecule has 0 aromatic carbocycles. The molecule has 0 saturated carbocycles. The molecular weight excluding hydrogens is 531 g/mol. The van der Waals surface area contributed by atoms with E-state index in [0.717, 1.165) is 26.4 Å². The average Bonchev–Trinajstić information content (AvgIpc) is 3.02. The van der Waals surface area contributed by atoms with Crippen molar-refractivity contribution in [1.29, 1.82) is 0 Å². The zero-order valence-electron chi connectivity index (χ0n) is 19.4. The number of ether oxygens (including phenoxy) is 2. The van der Waals surface area contributed by atoms with Crippen molar-refractivity contribution in [1.82, 2.24) is 0 Å². The Kier molecular flexibility index (Phi) is 27.2. The molecule has 0 unspecified atom stereocenters. The summed E-state index contributed by atoms with van der Waals surface area (Å²) in [6, 6.07) is 0. The fraction of sp³-hybridized carbons (Fsp3) is 0.850. The minimum absolute atomic E-state index is 0. The third-order valence-corrected chi connectivity index (χ3v) is 1.65. The third-order valence-electron chi connectivity index (χ3n) is 1.65. The van der Waals surface area contributed by atoms with E-state index in [1.54, 1.807) is 0 Å². The van der Waals surface area contributed by atoms with Gasteiger partial charge in [-0.3, -0.25) is 0 Å². The first kappa shape index (κ1) is 35.3. The largest absolute Gasteiger partial charge is 3.00 e. The van der Waals surface area contributed by atoms with Gasteiger partial charge >= 0.3 is 36.9 Å². The van der Waals surface area contributed by atoms with Crippen molar-refractivity contribution in [3.63, 3.8) is 0 Å². The molecule has 0 radical (unpaired) electrons. The van der Waals surface area contributed by atoms with Crippen LogP contribution in [-0.4, -0.2) is 50.6 Å². The summed E-state index contributed by atoms with van der Waals surface area (Å²) in [5.74, 6) is 0. The van der Waals surface area contributed by atoms with Gasteiger partial charge < -0.3 is 29.1 Å². The summed E-state index contributed by atoms with van der Waals surface area (Å²) in [5.41, 5.74) is 0. The van der Waals surface area contributed by atoms with E-state index >= 15 is 0 Å². The van der Waals surface area contributed by atoms with Gasteiger partial charge in [0.2, 0.25) is 0 Å². The normalized spacial score (nSPS) is 16.2. The number of rotatable bonds is 0. The maximum absolute atomic E-state index is 4.94. The van der Waals surface area contributed by atoms with Crippen LogP contribution in [0.1, 0.15) is 25.7 Å². The summed E-state index contributed by atoms with van der Waals surface area (Å²) in [5, 5.41) is 0. The molecule has 2 aliphatic rings. The minimum atomic E-state index is -0.861. The van der Waals surface area contributed by atoms with Gasteiger partial charge in [0.05, 0.1) is 0 Å². The van der Waals surface area contributed by atoms with Crippen LogP contribution in [0.25, 0.3) is 0 Å². The van der Waals surface area contributed by atoms with Gasteiger partial charge in [-0.15, -0.1) is 24.2 Å². The van der Waals surface area contributed by atoms with Crippen molar-refractivity contribution < 1.29 is 46.3 Å². The number of hydrogen-bond donors (Lipinski definition) is 0. The molecule has 0 spiro atoms. The van der Waals surface area contributed by atoms with E-state index in [4.69, 9.17) is 9.47 Å². The smallest absolute Gasteiger partial charge is 0.381 e. The molecular formula is C20H49LuO2Si3. The Morgan fingerprint density at radius 1 is 0.462 bits per heavy atom. The summed E-state index contributed by atoms with van der Waals surface area (Å²) in [7, 11) is -2.58. The van der Waals surface area contributed by atoms with Crippen LogP contribution in [-0.2, 0) is 9.47 Å². The molecule has 0 bridgehead atoms. The van der Waals surface area contributed by atoms with Crippen LogP contribution in [0.15, 0.2) is 0 Å². The maximum Gasteiger partial charge on any atom is 3.00 e. The molecule has 0 N–H and O–H groups in total. The average molecular weight is 581 g/mol. The summed E-state index contributed by atoms with van der Waals surface area (Å²) in [6.45, 7) is 35.7. The molecule has 2 aliphatic heterocycles. The molecule has 2 nitrogen and oxygen atoms in total. The summed E-state index contributed by atoms with van der Waals surface area (Å²) < 4.78 is 9.89. The van der Waals surface area contributed by atoms with Crippen molar-refractivity contribution in [2.75, 3.05) is 26.4 Å². The minimum Gasteiger partial charge on any atom is -0.381 e. The molecule has 168 valence electrons. The van der Waals surface area contributed by atoms with E-state index in [1.807, 2.05) is 0 Å². The van der Waals surface area contributed by atoms with Crippen LogP contribution in [0, 0.1) is 56.5 Å². The van der Waals surface area contributed by atoms with Gasteiger partial charge in [0, 0.05) is 26.4 Å². The molecule has 0 aromatic rings. The standard InChI is InChI=1S/2C4H8O.3C4H11Si.Lu/c2*1-2-4-5-3-1;3*1-5(2,3)4;/h2*1-4H2;3*1H2,2-4H3;/q;;3*-1;+3. The molecule has 0 atom stereocenters. The van der Waals surface area contributed by atoms with E-state index in [1.165, 1.54) is 25.7 Å². The summed E-state index contributed by atoms with van der Waals surface area (Å²) in [4.78, 5) is 0. The Balaban J connectivity index is -0.000000115. The molecule has 26 heavy (non-hydrogen) atoms. The third kappa shape index (κ3) is 114. The molecule has 0 aromatic heterocycles. The van der Waals surface area contributed by atoms with Gasteiger partial charge in [0.15, 0.2) is 0 Å². The predicted molar refractivity (Wildman–Crippen MR) is 126 cm³/mol. The van der Waals surface area contributed by atoms with E-state index in [2.05, 4.69) is 78.6 Å². The monoisotopic (exact) mass is 580 g/mol. The van der Waals surface area contributed by atoms with Crippen LogP contribution >= 0.6 is 0 Å². The Bertz CT molecular complexity index is 190. The van der Waals surface area contributed by atoms with E-state index in [0.29, 0.717) is 0 Å². The molecule has 6 heteroatoms. The van der Waals surface area contributed by atoms with Crippen LogP contribution in [0.5, 0.6) is 0 Å². The number of hydrogen-bond acceptors (Lipinski definition) is 2. The van der Waals surface area contributed by atoms with Gasteiger partial charge in [0.25, 0.3) is 0 Å². The second kappa shape index (κ2) is 20.1. The van der Waals surface area contributed by atoms with E-state index in [-0.39, 0.29) is 36.9 Å².